The van der Waals surface area contributed by atoms with Crippen molar-refractivity contribution in [2.45, 2.75) is 4.90 Å². The molecule has 0 radical (unpaired) electrons. The molecule has 0 fully saturated rings. The minimum Gasteiger partial charge on any atom is -0.497 e. The van der Waals surface area contributed by atoms with Crippen molar-refractivity contribution in [1.82, 2.24) is 8.96 Å². The molecule has 4 rings (SSSR count). The molecule has 0 N–H and O–H groups in total. The Morgan fingerprint density at radius 3 is 2.31 bits per heavy atom. The lowest BCUT2D eigenvalue weighted by Gasteiger charge is -2.08. The molecule has 5 nitrogen and oxygen atoms in total. The van der Waals surface area contributed by atoms with Crippen molar-refractivity contribution in [3.63, 3.8) is 0 Å². The van der Waals surface area contributed by atoms with Gasteiger partial charge in [0.2, 0.25) is 0 Å². The predicted molar refractivity (Wildman–Crippen MR) is 101 cm³/mol. The van der Waals surface area contributed by atoms with E-state index < -0.39 is 10.0 Å². The van der Waals surface area contributed by atoms with Crippen LogP contribution in [0.15, 0.2) is 83.9 Å². The zero-order valence-electron chi connectivity index (χ0n) is 14.0. The van der Waals surface area contributed by atoms with E-state index in [1.807, 2.05) is 30.3 Å². The lowest BCUT2D eigenvalue weighted by Crippen LogP contribution is -2.11. The summed E-state index contributed by atoms with van der Waals surface area (Å²) >= 11 is 0. The molecule has 0 saturated heterocycles. The van der Waals surface area contributed by atoms with Gasteiger partial charge in [-0.05, 0) is 54.6 Å². The number of rotatable bonds is 4. The third-order valence-corrected chi connectivity index (χ3v) is 5.90. The third-order valence-electron chi connectivity index (χ3n) is 4.19. The van der Waals surface area contributed by atoms with Gasteiger partial charge in [-0.1, -0.05) is 18.2 Å². The van der Waals surface area contributed by atoms with Gasteiger partial charge in [-0.3, -0.25) is 0 Å². The van der Waals surface area contributed by atoms with Crippen molar-refractivity contribution in [2.75, 3.05) is 7.11 Å². The van der Waals surface area contributed by atoms with Crippen molar-refractivity contribution < 1.29 is 13.2 Å². The summed E-state index contributed by atoms with van der Waals surface area (Å²) in [5.41, 5.74) is 2.88. The summed E-state index contributed by atoms with van der Waals surface area (Å²) < 4.78 is 32.1. The van der Waals surface area contributed by atoms with E-state index in [1.54, 1.807) is 49.6 Å². The smallest absolute Gasteiger partial charge is 0.268 e. The van der Waals surface area contributed by atoms with Crippen LogP contribution in [-0.2, 0) is 10.0 Å². The standard InChI is InChI=1S/C20H16N2O3S/c1-25-16-9-7-15(8-10-16)18-11-12-20-19(21-18)13-14-22(20)26(23,24)17-5-3-2-4-6-17/h2-14H,1H3. The van der Waals surface area contributed by atoms with E-state index in [4.69, 9.17) is 4.74 Å². The van der Waals surface area contributed by atoms with Crippen LogP contribution in [0.3, 0.4) is 0 Å². The molecule has 130 valence electrons. The van der Waals surface area contributed by atoms with E-state index in [1.165, 1.54) is 10.2 Å². The summed E-state index contributed by atoms with van der Waals surface area (Å²) in [6, 6.07) is 21.3. The van der Waals surface area contributed by atoms with Gasteiger partial charge in [0.25, 0.3) is 10.0 Å². The maximum Gasteiger partial charge on any atom is 0.268 e. The van der Waals surface area contributed by atoms with Crippen LogP contribution in [0.2, 0.25) is 0 Å². The molecule has 2 aromatic heterocycles. The molecule has 0 amide bonds. The molecule has 2 aromatic carbocycles. The van der Waals surface area contributed by atoms with Gasteiger partial charge in [0.1, 0.15) is 5.75 Å². The van der Waals surface area contributed by atoms with Gasteiger partial charge in [0.15, 0.2) is 0 Å². The third kappa shape index (κ3) is 2.74. The van der Waals surface area contributed by atoms with Gasteiger partial charge in [-0.2, -0.15) is 0 Å². The van der Waals surface area contributed by atoms with Crippen LogP contribution in [0.4, 0.5) is 0 Å². The zero-order chi connectivity index (χ0) is 18.1. The quantitative estimate of drug-likeness (QED) is 0.550. The van der Waals surface area contributed by atoms with E-state index in [-0.39, 0.29) is 4.90 Å². The Hall–Kier alpha value is -3.12. The number of methoxy groups -OCH3 is 1. The number of nitrogens with zero attached hydrogens (tertiary/aromatic N) is 2. The average Bonchev–Trinajstić information content (AvgIpc) is 3.13. The number of fused-ring (bicyclic) bond motifs is 1. The highest BCUT2D eigenvalue weighted by Gasteiger charge is 2.19. The number of hydrogen-bond acceptors (Lipinski definition) is 4. The Morgan fingerprint density at radius 2 is 1.62 bits per heavy atom. The summed E-state index contributed by atoms with van der Waals surface area (Å²) in [6.07, 6.45) is 1.54. The fourth-order valence-electron chi connectivity index (χ4n) is 2.83. The monoisotopic (exact) mass is 364 g/mol. The van der Waals surface area contributed by atoms with Crippen molar-refractivity contribution in [1.29, 1.82) is 0 Å². The maximum absolute atomic E-state index is 12.9. The molecule has 0 aliphatic heterocycles. The first kappa shape index (κ1) is 16.4. The van der Waals surface area contributed by atoms with Gasteiger partial charge in [-0.15, -0.1) is 0 Å². The predicted octanol–water partition coefficient (Wildman–Crippen LogP) is 3.95. The van der Waals surface area contributed by atoms with Crippen LogP contribution < -0.4 is 4.74 Å². The molecule has 6 heteroatoms. The fourth-order valence-corrected chi connectivity index (χ4v) is 4.20. The minimum atomic E-state index is -3.65. The number of benzene rings is 2. The SMILES string of the molecule is COc1ccc(-c2ccc3c(ccn3S(=O)(=O)c3ccccc3)n2)cc1. The topological polar surface area (TPSA) is 61.2 Å². The van der Waals surface area contributed by atoms with Crippen LogP contribution in [0.5, 0.6) is 5.75 Å². The van der Waals surface area contributed by atoms with Crippen molar-refractivity contribution in [2.24, 2.45) is 0 Å². The molecule has 0 bridgehead atoms. The molecule has 0 unspecified atom stereocenters. The number of aromatic nitrogens is 2. The van der Waals surface area contributed by atoms with Crippen molar-refractivity contribution >= 4 is 21.1 Å². The molecule has 26 heavy (non-hydrogen) atoms. The largest absolute Gasteiger partial charge is 0.497 e. The lowest BCUT2D eigenvalue weighted by molar-refractivity contribution is 0.415. The minimum absolute atomic E-state index is 0.247. The molecular weight excluding hydrogens is 348 g/mol. The summed E-state index contributed by atoms with van der Waals surface area (Å²) in [7, 11) is -2.03. The van der Waals surface area contributed by atoms with Crippen LogP contribution in [0, 0.1) is 0 Å². The lowest BCUT2D eigenvalue weighted by atomic mass is 10.1. The summed E-state index contributed by atoms with van der Waals surface area (Å²) in [4.78, 5) is 4.85. The Balaban J connectivity index is 1.78. The fraction of sp³-hybridized carbons (Fsp3) is 0.0500. The van der Waals surface area contributed by atoms with E-state index in [0.717, 1.165) is 17.0 Å². The van der Waals surface area contributed by atoms with E-state index in [0.29, 0.717) is 11.0 Å². The van der Waals surface area contributed by atoms with Crippen LogP contribution in [0.1, 0.15) is 0 Å². The van der Waals surface area contributed by atoms with Gasteiger partial charge in [-0.25, -0.2) is 17.4 Å². The first-order chi connectivity index (χ1) is 12.6. The Morgan fingerprint density at radius 1 is 0.885 bits per heavy atom. The zero-order valence-corrected chi connectivity index (χ0v) is 14.8. The molecule has 4 aromatic rings. The molecule has 2 heterocycles. The van der Waals surface area contributed by atoms with E-state index in [2.05, 4.69) is 4.98 Å². The van der Waals surface area contributed by atoms with Crippen molar-refractivity contribution in [3.05, 3.63) is 79.0 Å². The Bertz CT molecular complexity index is 1160. The van der Waals surface area contributed by atoms with Crippen LogP contribution in [0.25, 0.3) is 22.3 Å². The molecule has 0 atom stereocenters. The molecule has 0 aliphatic carbocycles. The second kappa shape index (κ2) is 6.31. The van der Waals surface area contributed by atoms with E-state index in [9.17, 15) is 8.42 Å². The molecule has 0 saturated carbocycles. The Kier molecular flexibility index (Phi) is 3.97. The second-order valence-corrected chi connectivity index (χ2v) is 7.57. The first-order valence-electron chi connectivity index (χ1n) is 8.03. The van der Waals surface area contributed by atoms with Gasteiger partial charge in [0.05, 0.1) is 28.7 Å². The molecule has 0 spiro atoms. The first-order valence-corrected chi connectivity index (χ1v) is 9.47. The number of ether oxygens (including phenoxy) is 1. The Labute approximate surface area is 151 Å². The molecular formula is C20H16N2O3S. The molecule has 0 aliphatic rings. The highest BCUT2D eigenvalue weighted by atomic mass is 32.2. The normalized spacial score (nSPS) is 11.6. The van der Waals surface area contributed by atoms with Crippen LogP contribution in [-0.4, -0.2) is 24.5 Å². The number of pyridine rings is 1. The second-order valence-electron chi connectivity index (χ2n) is 5.76. The summed E-state index contributed by atoms with van der Waals surface area (Å²) in [5, 5.41) is 0. The maximum atomic E-state index is 12.9. The highest BCUT2D eigenvalue weighted by molar-refractivity contribution is 7.90. The summed E-state index contributed by atoms with van der Waals surface area (Å²) in [5.74, 6) is 0.773. The van der Waals surface area contributed by atoms with Gasteiger partial charge < -0.3 is 4.74 Å². The van der Waals surface area contributed by atoms with Crippen molar-refractivity contribution in [3.8, 4) is 17.0 Å². The number of hydrogen-bond donors (Lipinski definition) is 0. The van der Waals surface area contributed by atoms with Crippen LogP contribution >= 0.6 is 0 Å². The van der Waals surface area contributed by atoms with Gasteiger partial charge in [0, 0.05) is 11.8 Å². The highest BCUT2D eigenvalue weighted by Crippen LogP contribution is 2.26. The summed E-state index contributed by atoms with van der Waals surface area (Å²) in [6.45, 7) is 0. The van der Waals surface area contributed by atoms with E-state index >= 15 is 0 Å². The average molecular weight is 364 g/mol. The van der Waals surface area contributed by atoms with Gasteiger partial charge >= 0.3 is 0 Å².